The third-order valence-corrected chi connectivity index (χ3v) is 3.31. The lowest BCUT2D eigenvalue weighted by molar-refractivity contribution is 0.622. The molecule has 1 aliphatic heterocycles. The second-order valence-electron chi connectivity index (χ2n) is 3.06. The number of benzene rings is 1. The van der Waals surface area contributed by atoms with E-state index in [2.05, 4.69) is 0 Å². The van der Waals surface area contributed by atoms with E-state index in [1.807, 2.05) is 6.07 Å². The first-order chi connectivity index (χ1) is 5.86. The summed E-state index contributed by atoms with van der Waals surface area (Å²) in [5.74, 6) is 1.03. The van der Waals surface area contributed by atoms with E-state index in [0.29, 0.717) is 0 Å². The standard InChI is InChI=1S/C10H11FS/c11-9-5-4-8-3-1-2-6-12-10(8)7-9/h4-5,7H,1-3,6H2. The van der Waals surface area contributed by atoms with Crippen LogP contribution in [0.15, 0.2) is 23.1 Å². The Hall–Kier alpha value is -0.500. The molecule has 2 rings (SSSR count). The summed E-state index contributed by atoms with van der Waals surface area (Å²) in [6.07, 6.45) is 3.61. The van der Waals surface area contributed by atoms with Crippen LogP contribution in [0.3, 0.4) is 0 Å². The maximum absolute atomic E-state index is 12.8. The molecule has 0 saturated carbocycles. The van der Waals surface area contributed by atoms with E-state index in [4.69, 9.17) is 0 Å². The molecule has 0 bridgehead atoms. The number of halogens is 1. The van der Waals surface area contributed by atoms with Gasteiger partial charge in [0.05, 0.1) is 0 Å². The van der Waals surface area contributed by atoms with Gasteiger partial charge in [-0.2, -0.15) is 0 Å². The van der Waals surface area contributed by atoms with Gasteiger partial charge in [0.2, 0.25) is 0 Å². The van der Waals surface area contributed by atoms with Gasteiger partial charge < -0.3 is 0 Å². The molecular weight excluding hydrogens is 171 g/mol. The Morgan fingerprint density at radius 3 is 3.08 bits per heavy atom. The van der Waals surface area contributed by atoms with Crippen molar-refractivity contribution in [1.82, 2.24) is 0 Å². The highest BCUT2D eigenvalue weighted by Gasteiger charge is 2.08. The van der Waals surface area contributed by atoms with Crippen molar-refractivity contribution >= 4 is 11.8 Å². The molecule has 1 aliphatic rings. The summed E-state index contributed by atoms with van der Waals surface area (Å²) < 4.78 is 12.8. The topological polar surface area (TPSA) is 0 Å². The predicted octanol–water partition coefficient (Wildman–Crippen LogP) is 3.25. The molecular formula is C10H11FS. The van der Waals surface area contributed by atoms with Gasteiger partial charge in [-0.1, -0.05) is 6.07 Å². The Labute approximate surface area is 76.2 Å². The van der Waals surface area contributed by atoms with Crippen molar-refractivity contribution in [2.75, 3.05) is 5.75 Å². The molecule has 0 saturated heterocycles. The molecule has 0 aliphatic carbocycles. The summed E-state index contributed by atoms with van der Waals surface area (Å²) >= 11 is 1.78. The van der Waals surface area contributed by atoms with Gasteiger partial charge in [0.25, 0.3) is 0 Å². The van der Waals surface area contributed by atoms with Crippen LogP contribution in [0.25, 0.3) is 0 Å². The first kappa shape index (κ1) is 8.11. The molecule has 0 unspecified atom stereocenters. The van der Waals surface area contributed by atoms with Gasteiger partial charge in [-0.15, -0.1) is 11.8 Å². The smallest absolute Gasteiger partial charge is 0.124 e. The highest BCUT2D eigenvalue weighted by Crippen LogP contribution is 2.29. The van der Waals surface area contributed by atoms with Crippen molar-refractivity contribution in [3.05, 3.63) is 29.6 Å². The molecule has 0 amide bonds. The lowest BCUT2D eigenvalue weighted by Gasteiger charge is -2.03. The second-order valence-corrected chi connectivity index (χ2v) is 4.19. The molecule has 0 aromatic heterocycles. The number of thioether (sulfide) groups is 1. The Balaban J connectivity index is 2.36. The maximum atomic E-state index is 12.8. The Morgan fingerprint density at radius 1 is 1.25 bits per heavy atom. The van der Waals surface area contributed by atoms with E-state index in [-0.39, 0.29) is 5.82 Å². The molecule has 12 heavy (non-hydrogen) atoms. The summed E-state index contributed by atoms with van der Waals surface area (Å²) in [5, 5.41) is 0. The monoisotopic (exact) mass is 182 g/mol. The van der Waals surface area contributed by atoms with Crippen LogP contribution in [0.5, 0.6) is 0 Å². The quantitative estimate of drug-likeness (QED) is 0.593. The number of rotatable bonds is 0. The minimum atomic E-state index is -0.108. The van der Waals surface area contributed by atoms with Gasteiger partial charge in [0, 0.05) is 4.90 Å². The van der Waals surface area contributed by atoms with E-state index in [9.17, 15) is 4.39 Å². The zero-order valence-electron chi connectivity index (χ0n) is 6.85. The predicted molar refractivity (Wildman–Crippen MR) is 50.1 cm³/mol. The van der Waals surface area contributed by atoms with Crippen LogP contribution in [0.4, 0.5) is 4.39 Å². The molecule has 64 valence electrons. The third kappa shape index (κ3) is 1.63. The number of aryl methyl sites for hydroxylation is 1. The van der Waals surface area contributed by atoms with E-state index in [0.717, 1.165) is 17.1 Å². The Bertz CT molecular complexity index is 283. The fourth-order valence-electron chi connectivity index (χ4n) is 1.47. The minimum absolute atomic E-state index is 0.108. The van der Waals surface area contributed by atoms with Crippen LogP contribution in [-0.4, -0.2) is 5.75 Å². The van der Waals surface area contributed by atoms with E-state index in [1.54, 1.807) is 23.9 Å². The summed E-state index contributed by atoms with van der Waals surface area (Å²) in [6.45, 7) is 0. The van der Waals surface area contributed by atoms with Gasteiger partial charge in [0.15, 0.2) is 0 Å². The molecule has 0 spiro atoms. The molecule has 0 radical (unpaired) electrons. The average Bonchev–Trinajstić information content (AvgIpc) is 2.28. The minimum Gasteiger partial charge on any atom is -0.207 e. The SMILES string of the molecule is Fc1ccc2c(c1)SCCCC2. The molecule has 1 aromatic carbocycles. The van der Waals surface area contributed by atoms with Crippen LogP contribution < -0.4 is 0 Å². The van der Waals surface area contributed by atoms with E-state index in [1.165, 1.54) is 18.4 Å². The first-order valence-electron chi connectivity index (χ1n) is 4.27. The van der Waals surface area contributed by atoms with Gasteiger partial charge in [-0.25, -0.2) is 4.39 Å². The molecule has 0 fully saturated rings. The zero-order valence-corrected chi connectivity index (χ0v) is 7.66. The van der Waals surface area contributed by atoms with Crippen LogP contribution in [0.2, 0.25) is 0 Å². The highest BCUT2D eigenvalue weighted by atomic mass is 32.2. The maximum Gasteiger partial charge on any atom is 0.124 e. The van der Waals surface area contributed by atoms with Crippen molar-refractivity contribution < 1.29 is 4.39 Å². The van der Waals surface area contributed by atoms with Crippen molar-refractivity contribution in [3.8, 4) is 0 Å². The Kier molecular flexibility index (Phi) is 2.35. The van der Waals surface area contributed by atoms with Gasteiger partial charge >= 0.3 is 0 Å². The van der Waals surface area contributed by atoms with Gasteiger partial charge in [0.1, 0.15) is 5.82 Å². The molecule has 0 N–H and O–H groups in total. The number of hydrogen-bond donors (Lipinski definition) is 0. The van der Waals surface area contributed by atoms with Crippen LogP contribution in [-0.2, 0) is 6.42 Å². The summed E-state index contributed by atoms with van der Waals surface area (Å²) in [5.41, 5.74) is 1.32. The van der Waals surface area contributed by atoms with Gasteiger partial charge in [-0.3, -0.25) is 0 Å². The summed E-state index contributed by atoms with van der Waals surface area (Å²) in [7, 11) is 0. The zero-order chi connectivity index (χ0) is 8.39. The van der Waals surface area contributed by atoms with Crippen LogP contribution >= 0.6 is 11.8 Å². The fourth-order valence-corrected chi connectivity index (χ4v) is 2.59. The van der Waals surface area contributed by atoms with Crippen molar-refractivity contribution in [2.45, 2.75) is 24.2 Å². The lowest BCUT2D eigenvalue weighted by Crippen LogP contribution is -1.86. The summed E-state index contributed by atoms with van der Waals surface area (Å²) in [4.78, 5) is 1.15. The molecule has 0 atom stereocenters. The van der Waals surface area contributed by atoms with E-state index < -0.39 is 0 Å². The average molecular weight is 182 g/mol. The lowest BCUT2D eigenvalue weighted by atomic mass is 10.1. The number of hydrogen-bond acceptors (Lipinski definition) is 1. The summed E-state index contributed by atoms with van der Waals surface area (Å²) in [6, 6.07) is 5.14. The van der Waals surface area contributed by atoms with E-state index >= 15 is 0 Å². The Morgan fingerprint density at radius 2 is 2.17 bits per heavy atom. The molecule has 0 nitrogen and oxygen atoms in total. The molecule has 1 heterocycles. The molecule has 1 aromatic rings. The normalized spacial score (nSPS) is 16.8. The third-order valence-electron chi connectivity index (χ3n) is 2.13. The van der Waals surface area contributed by atoms with Crippen LogP contribution in [0.1, 0.15) is 18.4 Å². The highest BCUT2D eigenvalue weighted by molar-refractivity contribution is 7.99. The number of fused-ring (bicyclic) bond motifs is 1. The van der Waals surface area contributed by atoms with Gasteiger partial charge in [-0.05, 0) is 42.7 Å². The van der Waals surface area contributed by atoms with Crippen molar-refractivity contribution in [1.29, 1.82) is 0 Å². The second kappa shape index (κ2) is 3.48. The van der Waals surface area contributed by atoms with Crippen LogP contribution in [0, 0.1) is 5.82 Å². The van der Waals surface area contributed by atoms with Crippen molar-refractivity contribution in [2.24, 2.45) is 0 Å². The van der Waals surface area contributed by atoms with Crippen molar-refractivity contribution in [3.63, 3.8) is 0 Å². The first-order valence-corrected chi connectivity index (χ1v) is 5.26. The fraction of sp³-hybridized carbons (Fsp3) is 0.400. The molecule has 2 heteroatoms. The largest absolute Gasteiger partial charge is 0.207 e.